The molecule has 1 amide bonds. The Hall–Kier alpha value is -1.78. The van der Waals surface area contributed by atoms with Crippen molar-refractivity contribution in [2.45, 2.75) is 31.7 Å². The van der Waals surface area contributed by atoms with Crippen LogP contribution in [0.1, 0.15) is 35.4 Å². The summed E-state index contributed by atoms with van der Waals surface area (Å²) in [6.45, 7) is 1.67. The standard InChI is InChI=1S/C11H13NO4/c1-7-8(3-6-16-7)9(13)12-11(10(14)15)4-2-5-11/h3,6H,2,4-5H2,1H3,(H,12,13)(H,14,15). The van der Waals surface area contributed by atoms with E-state index in [1.54, 1.807) is 13.0 Å². The molecule has 1 aromatic rings. The van der Waals surface area contributed by atoms with Crippen molar-refractivity contribution in [1.29, 1.82) is 0 Å². The molecule has 0 radical (unpaired) electrons. The molecule has 2 rings (SSSR count). The number of carboxylic acid groups (broad SMARTS) is 1. The monoisotopic (exact) mass is 223 g/mol. The van der Waals surface area contributed by atoms with Gasteiger partial charge in [0.1, 0.15) is 11.3 Å². The molecule has 86 valence electrons. The Morgan fingerprint density at radius 2 is 2.19 bits per heavy atom. The summed E-state index contributed by atoms with van der Waals surface area (Å²) in [4.78, 5) is 22.9. The van der Waals surface area contributed by atoms with Gasteiger partial charge in [-0.05, 0) is 32.3 Å². The molecule has 0 aliphatic heterocycles. The average molecular weight is 223 g/mol. The summed E-state index contributed by atoms with van der Waals surface area (Å²) < 4.78 is 5.00. The number of furan rings is 1. The van der Waals surface area contributed by atoms with E-state index in [-0.39, 0.29) is 5.91 Å². The maximum absolute atomic E-state index is 11.8. The highest BCUT2D eigenvalue weighted by Crippen LogP contribution is 2.32. The molecule has 0 aromatic carbocycles. The van der Waals surface area contributed by atoms with E-state index in [1.807, 2.05) is 0 Å². The lowest BCUT2D eigenvalue weighted by molar-refractivity contribution is -0.148. The highest BCUT2D eigenvalue weighted by Gasteiger charge is 2.45. The van der Waals surface area contributed by atoms with Gasteiger partial charge in [-0.3, -0.25) is 4.79 Å². The van der Waals surface area contributed by atoms with Crippen LogP contribution in [0.3, 0.4) is 0 Å². The van der Waals surface area contributed by atoms with Crippen molar-refractivity contribution in [3.63, 3.8) is 0 Å². The Labute approximate surface area is 92.4 Å². The van der Waals surface area contributed by atoms with Crippen LogP contribution in [0.25, 0.3) is 0 Å². The molecule has 1 fully saturated rings. The van der Waals surface area contributed by atoms with Crippen molar-refractivity contribution in [3.05, 3.63) is 23.7 Å². The molecule has 0 saturated heterocycles. The van der Waals surface area contributed by atoms with Crippen LogP contribution in [-0.4, -0.2) is 22.5 Å². The second-order valence-corrected chi connectivity index (χ2v) is 4.09. The van der Waals surface area contributed by atoms with Crippen LogP contribution >= 0.6 is 0 Å². The number of hydrogen-bond donors (Lipinski definition) is 2. The van der Waals surface area contributed by atoms with E-state index in [1.165, 1.54) is 6.26 Å². The van der Waals surface area contributed by atoms with E-state index in [0.29, 0.717) is 24.2 Å². The SMILES string of the molecule is Cc1occc1C(=O)NC1(C(=O)O)CCC1. The van der Waals surface area contributed by atoms with E-state index in [2.05, 4.69) is 5.32 Å². The fraction of sp³-hybridized carbons (Fsp3) is 0.455. The summed E-state index contributed by atoms with van der Waals surface area (Å²) in [5.41, 5.74) is -0.673. The van der Waals surface area contributed by atoms with Crippen LogP contribution in [0.15, 0.2) is 16.7 Å². The van der Waals surface area contributed by atoms with Gasteiger partial charge in [0.25, 0.3) is 5.91 Å². The molecule has 0 unspecified atom stereocenters. The molecule has 0 atom stereocenters. The van der Waals surface area contributed by atoms with Gasteiger partial charge in [-0.15, -0.1) is 0 Å². The van der Waals surface area contributed by atoms with E-state index in [4.69, 9.17) is 9.52 Å². The Kier molecular flexibility index (Phi) is 2.46. The Bertz CT molecular complexity index is 431. The second kappa shape index (κ2) is 3.66. The fourth-order valence-corrected chi connectivity index (χ4v) is 1.83. The van der Waals surface area contributed by atoms with Crippen molar-refractivity contribution < 1.29 is 19.1 Å². The van der Waals surface area contributed by atoms with Crippen LogP contribution in [0.2, 0.25) is 0 Å². The molecule has 1 saturated carbocycles. The number of aliphatic carboxylic acids is 1. The zero-order chi connectivity index (χ0) is 11.8. The fourth-order valence-electron chi connectivity index (χ4n) is 1.83. The summed E-state index contributed by atoms with van der Waals surface area (Å²) in [6.07, 6.45) is 3.23. The van der Waals surface area contributed by atoms with Crippen LogP contribution in [0.4, 0.5) is 0 Å². The van der Waals surface area contributed by atoms with Crippen LogP contribution in [0, 0.1) is 6.92 Å². The van der Waals surface area contributed by atoms with Gasteiger partial charge in [0, 0.05) is 0 Å². The second-order valence-electron chi connectivity index (χ2n) is 4.09. The molecule has 1 aliphatic carbocycles. The molecule has 1 aliphatic rings. The largest absolute Gasteiger partial charge is 0.480 e. The number of carbonyl (C=O) groups is 2. The van der Waals surface area contributed by atoms with Gasteiger partial charge in [0.2, 0.25) is 0 Å². The Morgan fingerprint density at radius 1 is 1.50 bits per heavy atom. The van der Waals surface area contributed by atoms with Crippen molar-refractivity contribution in [2.24, 2.45) is 0 Å². The molecule has 16 heavy (non-hydrogen) atoms. The zero-order valence-electron chi connectivity index (χ0n) is 8.95. The first kappa shape index (κ1) is 10.7. The number of amides is 1. The van der Waals surface area contributed by atoms with E-state index in [9.17, 15) is 9.59 Å². The molecule has 0 bridgehead atoms. The van der Waals surface area contributed by atoms with Crippen molar-refractivity contribution in [1.82, 2.24) is 5.32 Å². The number of aryl methyl sites for hydroxylation is 1. The first-order chi connectivity index (χ1) is 7.55. The van der Waals surface area contributed by atoms with E-state index >= 15 is 0 Å². The van der Waals surface area contributed by atoms with Crippen LogP contribution < -0.4 is 5.32 Å². The minimum Gasteiger partial charge on any atom is -0.480 e. The first-order valence-electron chi connectivity index (χ1n) is 5.15. The maximum Gasteiger partial charge on any atom is 0.329 e. The minimum atomic E-state index is -1.07. The molecular formula is C11H13NO4. The van der Waals surface area contributed by atoms with Gasteiger partial charge in [0.15, 0.2) is 0 Å². The highest BCUT2D eigenvalue weighted by atomic mass is 16.4. The molecule has 1 aromatic heterocycles. The molecule has 5 heteroatoms. The number of carboxylic acids is 1. The number of rotatable bonds is 3. The molecule has 0 spiro atoms. The summed E-state index contributed by atoms with van der Waals surface area (Å²) >= 11 is 0. The lowest BCUT2D eigenvalue weighted by Gasteiger charge is -2.38. The van der Waals surface area contributed by atoms with Crippen LogP contribution in [0.5, 0.6) is 0 Å². The molecule has 2 N–H and O–H groups in total. The summed E-state index contributed by atoms with van der Waals surface area (Å²) in [6, 6.07) is 1.54. The van der Waals surface area contributed by atoms with Gasteiger partial charge in [-0.25, -0.2) is 4.79 Å². The predicted octanol–water partition coefficient (Wildman–Crippen LogP) is 1.33. The van der Waals surface area contributed by atoms with Crippen molar-refractivity contribution in [2.75, 3.05) is 0 Å². The third kappa shape index (κ3) is 1.58. The Morgan fingerprint density at radius 3 is 2.56 bits per heavy atom. The van der Waals surface area contributed by atoms with Gasteiger partial charge < -0.3 is 14.8 Å². The summed E-state index contributed by atoms with van der Waals surface area (Å²) in [7, 11) is 0. The van der Waals surface area contributed by atoms with Crippen molar-refractivity contribution in [3.8, 4) is 0 Å². The number of carbonyl (C=O) groups excluding carboxylic acids is 1. The van der Waals surface area contributed by atoms with Gasteiger partial charge >= 0.3 is 5.97 Å². The number of nitrogens with one attached hydrogen (secondary N) is 1. The Balaban J connectivity index is 2.13. The zero-order valence-corrected chi connectivity index (χ0v) is 8.95. The van der Waals surface area contributed by atoms with E-state index < -0.39 is 11.5 Å². The molecular weight excluding hydrogens is 210 g/mol. The number of hydrogen-bond acceptors (Lipinski definition) is 3. The predicted molar refractivity (Wildman–Crippen MR) is 55.1 cm³/mol. The topological polar surface area (TPSA) is 79.5 Å². The van der Waals surface area contributed by atoms with E-state index in [0.717, 1.165) is 6.42 Å². The summed E-state index contributed by atoms with van der Waals surface area (Å²) in [5.74, 6) is -0.848. The normalized spacial score (nSPS) is 17.6. The lowest BCUT2D eigenvalue weighted by atomic mass is 9.76. The van der Waals surface area contributed by atoms with Gasteiger partial charge in [-0.2, -0.15) is 0 Å². The lowest BCUT2D eigenvalue weighted by Crippen LogP contribution is -2.59. The molecule has 5 nitrogen and oxygen atoms in total. The van der Waals surface area contributed by atoms with Gasteiger partial charge in [-0.1, -0.05) is 0 Å². The quantitative estimate of drug-likeness (QED) is 0.810. The molecule has 1 heterocycles. The summed E-state index contributed by atoms with van der Waals surface area (Å²) in [5, 5.41) is 11.6. The minimum absolute atomic E-state index is 0.381. The smallest absolute Gasteiger partial charge is 0.329 e. The third-order valence-corrected chi connectivity index (χ3v) is 3.07. The highest BCUT2D eigenvalue weighted by molar-refractivity contribution is 5.98. The first-order valence-corrected chi connectivity index (χ1v) is 5.15. The maximum atomic E-state index is 11.8. The average Bonchev–Trinajstić information content (AvgIpc) is 2.57. The van der Waals surface area contributed by atoms with Crippen molar-refractivity contribution >= 4 is 11.9 Å². The van der Waals surface area contributed by atoms with Gasteiger partial charge in [0.05, 0.1) is 11.8 Å². The third-order valence-electron chi connectivity index (χ3n) is 3.07. The van der Waals surface area contributed by atoms with Crippen LogP contribution in [-0.2, 0) is 4.79 Å².